The van der Waals surface area contributed by atoms with Gasteiger partial charge in [-0.2, -0.15) is 5.06 Å². The van der Waals surface area contributed by atoms with Crippen LogP contribution in [0.3, 0.4) is 0 Å². The lowest BCUT2D eigenvalue weighted by molar-refractivity contribution is 0.187. The average Bonchev–Trinajstić information content (AvgIpc) is 2.62. The van der Waals surface area contributed by atoms with E-state index >= 15 is 0 Å². The highest BCUT2D eigenvalue weighted by molar-refractivity contribution is 4.87. The van der Waals surface area contributed by atoms with Crippen LogP contribution >= 0.6 is 0 Å². The molecule has 0 aromatic rings. The summed E-state index contributed by atoms with van der Waals surface area (Å²) >= 11 is 0. The van der Waals surface area contributed by atoms with Crippen LogP contribution in [0.2, 0.25) is 0 Å². The van der Waals surface area contributed by atoms with Gasteiger partial charge in [0, 0.05) is 6.54 Å². The Bertz CT molecular complexity index is 124. The van der Waals surface area contributed by atoms with Crippen molar-refractivity contribution in [2.75, 3.05) is 6.54 Å². The summed E-state index contributed by atoms with van der Waals surface area (Å²) in [4.78, 5) is 5.50. The summed E-state index contributed by atoms with van der Waals surface area (Å²) < 4.78 is 0. The highest BCUT2D eigenvalue weighted by Crippen LogP contribution is 2.43. The van der Waals surface area contributed by atoms with Gasteiger partial charge in [0.05, 0.1) is 0 Å². The van der Waals surface area contributed by atoms with Crippen LogP contribution in [-0.2, 0) is 4.84 Å². The summed E-state index contributed by atoms with van der Waals surface area (Å²) in [6.07, 6.45) is 1.10. The zero-order valence-corrected chi connectivity index (χ0v) is 7.35. The van der Waals surface area contributed by atoms with Gasteiger partial charge in [0.2, 0.25) is 0 Å². The van der Waals surface area contributed by atoms with E-state index in [9.17, 15) is 0 Å². The van der Waals surface area contributed by atoms with Crippen molar-refractivity contribution in [2.24, 2.45) is 5.92 Å². The number of rotatable bonds is 3. The Morgan fingerprint density at radius 1 is 1.40 bits per heavy atom. The first-order chi connectivity index (χ1) is 4.67. The van der Waals surface area contributed by atoms with Gasteiger partial charge >= 0.3 is 0 Å². The lowest BCUT2D eigenvalue weighted by Gasteiger charge is -2.12. The van der Waals surface area contributed by atoms with E-state index in [1.807, 2.05) is 0 Å². The molecule has 1 fully saturated rings. The van der Waals surface area contributed by atoms with Crippen molar-refractivity contribution in [3.05, 3.63) is 0 Å². The number of nitrogens with zero attached hydrogens (tertiary/aromatic N) is 1. The van der Waals surface area contributed by atoms with Crippen LogP contribution in [0.25, 0.3) is 0 Å². The smallest absolute Gasteiger partial charge is 0.166 e. The minimum atomic E-state index is 0.0920. The second-order valence-electron chi connectivity index (χ2n) is 3.14. The van der Waals surface area contributed by atoms with Crippen LogP contribution in [0.15, 0.2) is 0 Å². The van der Waals surface area contributed by atoms with Crippen LogP contribution in [0.4, 0.5) is 0 Å². The first-order valence-corrected chi connectivity index (χ1v) is 4.14. The van der Waals surface area contributed by atoms with Gasteiger partial charge in [-0.25, -0.2) is 0 Å². The quantitative estimate of drug-likeness (QED) is 0.562. The molecule has 1 aliphatic heterocycles. The molecule has 0 N–H and O–H groups in total. The number of hydrogen-bond acceptors (Lipinski definition) is 2. The maximum Gasteiger partial charge on any atom is 0.166 e. The van der Waals surface area contributed by atoms with Crippen molar-refractivity contribution in [3.8, 4) is 0 Å². The third-order valence-corrected chi connectivity index (χ3v) is 2.35. The zero-order valence-electron chi connectivity index (χ0n) is 7.35. The molecule has 0 saturated carbocycles. The molecular weight excluding hydrogens is 126 g/mol. The largest absolute Gasteiger partial charge is 0.271 e. The van der Waals surface area contributed by atoms with Gasteiger partial charge in [-0.05, 0) is 19.3 Å². The summed E-state index contributed by atoms with van der Waals surface area (Å²) in [6.45, 7) is 9.72. The first-order valence-electron chi connectivity index (χ1n) is 4.14. The summed E-state index contributed by atoms with van der Waals surface area (Å²) in [5.41, 5.74) is 0.0920. The molecule has 1 saturated heterocycles. The summed E-state index contributed by atoms with van der Waals surface area (Å²) in [5.74, 6) is 0.609. The van der Waals surface area contributed by atoms with Crippen LogP contribution in [0, 0.1) is 5.92 Å². The molecule has 2 unspecified atom stereocenters. The van der Waals surface area contributed by atoms with Gasteiger partial charge in [-0.1, -0.05) is 20.8 Å². The van der Waals surface area contributed by atoms with Gasteiger partial charge in [-0.3, -0.25) is 4.84 Å². The molecule has 10 heavy (non-hydrogen) atoms. The van der Waals surface area contributed by atoms with Crippen molar-refractivity contribution in [1.29, 1.82) is 0 Å². The Hall–Kier alpha value is -0.0800. The monoisotopic (exact) mass is 143 g/mol. The van der Waals surface area contributed by atoms with Gasteiger partial charge in [0.25, 0.3) is 0 Å². The molecule has 1 aliphatic rings. The fourth-order valence-electron chi connectivity index (χ4n) is 1.55. The van der Waals surface area contributed by atoms with Crippen molar-refractivity contribution >= 4 is 0 Å². The second kappa shape index (κ2) is 2.51. The number of hydroxylamine groups is 2. The molecule has 1 rings (SSSR count). The molecule has 0 aromatic carbocycles. The van der Waals surface area contributed by atoms with Crippen LogP contribution < -0.4 is 0 Å². The van der Waals surface area contributed by atoms with Crippen molar-refractivity contribution in [3.63, 3.8) is 0 Å². The van der Waals surface area contributed by atoms with E-state index in [0.29, 0.717) is 5.92 Å². The molecule has 0 amide bonds. The van der Waals surface area contributed by atoms with Crippen molar-refractivity contribution in [2.45, 2.75) is 39.8 Å². The molecular formula is C8H17NO. The Morgan fingerprint density at radius 2 is 2.00 bits per heavy atom. The molecule has 2 heteroatoms. The molecule has 0 aromatic heterocycles. The van der Waals surface area contributed by atoms with E-state index in [1.54, 1.807) is 0 Å². The molecule has 2 atom stereocenters. The first kappa shape index (κ1) is 8.02. The lowest BCUT2D eigenvalue weighted by Crippen LogP contribution is -2.24. The SMILES string of the molecule is CCN1OC1(CC)C(C)C. The highest BCUT2D eigenvalue weighted by Gasteiger charge is 2.54. The fourth-order valence-corrected chi connectivity index (χ4v) is 1.55. The van der Waals surface area contributed by atoms with Gasteiger partial charge in [0.1, 0.15) is 0 Å². The molecule has 60 valence electrons. The average molecular weight is 143 g/mol. The van der Waals surface area contributed by atoms with Crippen LogP contribution in [0.1, 0.15) is 34.1 Å². The molecule has 0 bridgehead atoms. The minimum absolute atomic E-state index is 0.0920. The standard InChI is InChI=1S/C8H17NO/c1-5-8(7(3)4)9(6-2)10-8/h7H,5-6H2,1-4H3. The highest BCUT2D eigenvalue weighted by atomic mass is 16.9. The third-order valence-electron chi connectivity index (χ3n) is 2.35. The Balaban J connectivity index is 2.50. The number of hydrogen-bond donors (Lipinski definition) is 0. The second-order valence-corrected chi connectivity index (χ2v) is 3.14. The van der Waals surface area contributed by atoms with Crippen LogP contribution in [-0.4, -0.2) is 17.3 Å². The van der Waals surface area contributed by atoms with Gasteiger partial charge in [-0.15, -0.1) is 0 Å². The van der Waals surface area contributed by atoms with Crippen molar-refractivity contribution < 1.29 is 4.84 Å². The maximum absolute atomic E-state index is 5.50. The van der Waals surface area contributed by atoms with E-state index < -0.39 is 0 Å². The van der Waals surface area contributed by atoms with E-state index in [4.69, 9.17) is 4.84 Å². The summed E-state index contributed by atoms with van der Waals surface area (Å²) in [6, 6.07) is 0. The molecule has 0 aliphatic carbocycles. The predicted molar refractivity (Wildman–Crippen MR) is 41.3 cm³/mol. The van der Waals surface area contributed by atoms with E-state index in [-0.39, 0.29) is 5.72 Å². The molecule has 0 spiro atoms. The maximum atomic E-state index is 5.50. The van der Waals surface area contributed by atoms with Crippen molar-refractivity contribution in [1.82, 2.24) is 5.06 Å². The van der Waals surface area contributed by atoms with E-state index in [2.05, 4.69) is 32.8 Å². The normalized spacial score (nSPS) is 38.7. The third kappa shape index (κ3) is 0.956. The Morgan fingerprint density at radius 3 is 2.10 bits per heavy atom. The van der Waals surface area contributed by atoms with E-state index in [0.717, 1.165) is 13.0 Å². The van der Waals surface area contributed by atoms with E-state index in [1.165, 1.54) is 0 Å². The molecule has 0 radical (unpaired) electrons. The van der Waals surface area contributed by atoms with Crippen LogP contribution in [0.5, 0.6) is 0 Å². The Labute approximate surface area is 63.1 Å². The summed E-state index contributed by atoms with van der Waals surface area (Å²) in [5, 5.41) is 2.07. The topological polar surface area (TPSA) is 15.5 Å². The van der Waals surface area contributed by atoms with Gasteiger partial charge < -0.3 is 0 Å². The minimum Gasteiger partial charge on any atom is -0.271 e. The zero-order chi connectivity index (χ0) is 7.78. The molecule has 2 nitrogen and oxygen atoms in total. The molecule has 1 heterocycles. The fraction of sp³-hybridized carbons (Fsp3) is 1.00. The summed E-state index contributed by atoms with van der Waals surface area (Å²) in [7, 11) is 0. The Kier molecular flexibility index (Phi) is 2.02. The predicted octanol–water partition coefficient (Wildman–Crippen LogP) is 2.02. The lowest BCUT2D eigenvalue weighted by atomic mass is 10.00. The van der Waals surface area contributed by atoms with Gasteiger partial charge in [0.15, 0.2) is 5.72 Å².